The van der Waals surface area contributed by atoms with E-state index in [0.29, 0.717) is 6.04 Å². The first-order chi connectivity index (χ1) is 10.9. The smallest absolute Gasteiger partial charge is 0.0885 e. The molecule has 1 aliphatic rings. The highest BCUT2D eigenvalue weighted by Gasteiger charge is 2.21. The van der Waals surface area contributed by atoms with E-state index in [1.807, 2.05) is 12.3 Å². The molecule has 114 valence electrons. The Labute approximate surface area is 132 Å². The normalized spacial score (nSPS) is 19.0. The summed E-state index contributed by atoms with van der Waals surface area (Å²) in [6.07, 6.45) is 12.3. The molecule has 1 aromatic carbocycles. The molecule has 2 aromatic rings. The van der Waals surface area contributed by atoms with Gasteiger partial charge < -0.3 is 0 Å². The van der Waals surface area contributed by atoms with Crippen molar-refractivity contribution >= 4 is 0 Å². The molecule has 0 N–H and O–H groups in total. The molecule has 1 aromatic heterocycles. The van der Waals surface area contributed by atoms with Gasteiger partial charge in [0.2, 0.25) is 0 Å². The Hall–Kier alpha value is -2.00. The molecule has 1 fully saturated rings. The van der Waals surface area contributed by atoms with Gasteiger partial charge in [0.15, 0.2) is 0 Å². The monoisotopic (exact) mass is 293 g/mol. The SMILES string of the molecule is C=CCN1CCCCC1Cc1cccc(-c2cnccn2)c1. The van der Waals surface area contributed by atoms with Crippen molar-refractivity contribution in [2.45, 2.75) is 31.7 Å². The van der Waals surface area contributed by atoms with Gasteiger partial charge >= 0.3 is 0 Å². The summed E-state index contributed by atoms with van der Waals surface area (Å²) in [6, 6.07) is 9.34. The summed E-state index contributed by atoms with van der Waals surface area (Å²) in [6.45, 7) is 6.08. The van der Waals surface area contributed by atoms with E-state index in [1.54, 1.807) is 12.4 Å². The van der Waals surface area contributed by atoms with Crippen molar-refractivity contribution in [3.8, 4) is 11.3 Å². The zero-order valence-electron chi connectivity index (χ0n) is 13.0. The fraction of sp³-hybridized carbons (Fsp3) is 0.368. The van der Waals surface area contributed by atoms with Crippen LogP contribution in [0.3, 0.4) is 0 Å². The zero-order chi connectivity index (χ0) is 15.2. The lowest BCUT2D eigenvalue weighted by Gasteiger charge is -2.35. The van der Waals surface area contributed by atoms with Crippen LogP contribution in [0.2, 0.25) is 0 Å². The van der Waals surface area contributed by atoms with Gasteiger partial charge in [-0.3, -0.25) is 14.9 Å². The van der Waals surface area contributed by atoms with Gasteiger partial charge in [-0.15, -0.1) is 6.58 Å². The van der Waals surface area contributed by atoms with Gasteiger partial charge in [-0.05, 0) is 37.4 Å². The van der Waals surface area contributed by atoms with E-state index in [1.165, 1.54) is 31.4 Å². The van der Waals surface area contributed by atoms with Crippen molar-refractivity contribution in [2.75, 3.05) is 13.1 Å². The highest BCUT2D eigenvalue weighted by atomic mass is 15.2. The molecule has 22 heavy (non-hydrogen) atoms. The molecule has 0 amide bonds. The number of rotatable bonds is 5. The second-order valence-corrected chi connectivity index (χ2v) is 5.93. The molecular weight excluding hydrogens is 270 g/mol. The minimum atomic E-state index is 0.629. The van der Waals surface area contributed by atoms with Crippen molar-refractivity contribution in [3.63, 3.8) is 0 Å². The molecular formula is C19H23N3. The largest absolute Gasteiger partial charge is 0.296 e. The summed E-state index contributed by atoms with van der Waals surface area (Å²) in [5.41, 5.74) is 3.47. The van der Waals surface area contributed by atoms with Gasteiger partial charge in [0.05, 0.1) is 11.9 Å². The van der Waals surface area contributed by atoms with Crippen LogP contribution in [0.1, 0.15) is 24.8 Å². The summed E-state index contributed by atoms with van der Waals surface area (Å²) < 4.78 is 0. The van der Waals surface area contributed by atoms with E-state index in [2.05, 4.69) is 45.7 Å². The molecule has 0 spiro atoms. The second-order valence-electron chi connectivity index (χ2n) is 5.93. The lowest BCUT2D eigenvalue weighted by atomic mass is 9.94. The van der Waals surface area contributed by atoms with Crippen molar-refractivity contribution in [2.24, 2.45) is 0 Å². The highest BCUT2D eigenvalue weighted by Crippen LogP contribution is 2.23. The van der Waals surface area contributed by atoms with Crippen LogP contribution in [0.15, 0.2) is 55.5 Å². The van der Waals surface area contributed by atoms with Crippen LogP contribution < -0.4 is 0 Å². The molecule has 0 saturated carbocycles. The average molecular weight is 293 g/mol. The van der Waals surface area contributed by atoms with Crippen molar-refractivity contribution in [1.29, 1.82) is 0 Å². The summed E-state index contributed by atoms with van der Waals surface area (Å²) in [4.78, 5) is 11.1. The molecule has 2 heterocycles. The standard InChI is InChI=1S/C19H23N3/c1-2-11-22-12-4-3-8-18(22)14-16-6-5-7-17(13-16)19-15-20-9-10-21-19/h2,5-7,9-10,13,15,18H,1,3-4,8,11-12,14H2. The van der Waals surface area contributed by atoms with E-state index in [4.69, 9.17) is 0 Å². The molecule has 3 nitrogen and oxygen atoms in total. The Morgan fingerprint density at radius 2 is 2.23 bits per heavy atom. The third kappa shape index (κ3) is 3.60. The van der Waals surface area contributed by atoms with Crippen LogP contribution in [0.25, 0.3) is 11.3 Å². The first kappa shape index (κ1) is 14.9. The number of piperidine rings is 1. The number of hydrogen-bond acceptors (Lipinski definition) is 3. The van der Waals surface area contributed by atoms with Gasteiger partial charge in [-0.25, -0.2) is 0 Å². The van der Waals surface area contributed by atoms with Crippen LogP contribution in [0.4, 0.5) is 0 Å². The first-order valence-corrected chi connectivity index (χ1v) is 8.07. The van der Waals surface area contributed by atoms with Gasteiger partial charge in [0.1, 0.15) is 0 Å². The topological polar surface area (TPSA) is 29.0 Å². The lowest BCUT2D eigenvalue weighted by Crippen LogP contribution is -2.40. The Bertz CT molecular complexity index is 609. The van der Waals surface area contributed by atoms with Crippen LogP contribution >= 0.6 is 0 Å². The van der Waals surface area contributed by atoms with Crippen LogP contribution in [0.5, 0.6) is 0 Å². The van der Waals surface area contributed by atoms with Crippen molar-refractivity contribution in [1.82, 2.24) is 14.9 Å². The average Bonchev–Trinajstić information content (AvgIpc) is 2.58. The van der Waals surface area contributed by atoms with Gasteiger partial charge in [0, 0.05) is 30.5 Å². The third-order valence-corrected chi connectivity index (χ3v) is 4.37. The summed E-state index contributed by atoms with van der Waals surface area (Å²) in [7, 11) is 0. The van der Waals surface area contributed by atoms with Crippen LogP contribution in [-0.2, 0) is 6.42 Å². The minimum absolute atomic E-state index is 0.629. The van der Waals surface area contributed by atoms with Gasteiger partial charge in [-0.1, -0.05) is 30.7 Å². The molecule has 1 aliphatic heterocycles. The molecule has 3 heteroatoms. The maximum atomic E-state index is 4.40. The predicted molar refractivity (Wildman–Crippen MR) is 90.6 cm³/mol. The molecule has 3 rings (SSSR count). The lowest BCUT2D eigenvalue weighted by molar-refractivity contribution is 0.164. The van der Waals surface area contributed by atoms with Crippen molar-refractivity contribution < 1.29 is 0 Å². The third-order valence-electron chi connectivity index (χ3n) is 4.37. The quantitative estimate of drug-likeness (QED) is 0.787. The van der Waals surface area contributed by atoms with Crippen LogP contribution in [0, 0.1) is 0 Å². The Kier molecular flexibility index (Phi) is 4.96. The number of nitrogens with zero attached hydrogens (tertiary/aromatic N) is 3. The fourth-order valence-corrected chi connectivity index (χ4v) is 3.28. The Morgan fingerprint density at radius 3 is 3.05 bits per heavy atom. The van der Waals surface area contributed by atoms with E-state index >= 15 is 0 Å². The van der Waals surface area contributed by atoms with E-state index in [9.17, 15) is 0 Å². The fourth-order valence-electron chi connectivity index (χ4n) is 3.28. The molecule has 1 unspecified atom stereocenters. The van der Waals surface area contributed by atoms with Gasteiger partial charge in [-0.2, -0.15) is 0 Å². The summed E-state index contributed by atoms with van der Waals surface area (Å²) in [5.74, 6) is 0. The molecule has 0 bridgehead atoms. The zero-order valence-corrected chi connectivity index (χ0v) is 13.0. The Morgan fingerprint density at radius 1 is 1.27 bits per heavy atom. The predicted octanol–water partition coefficient (Wildman–Crippen LogP) is 3.73. The first-order valence-electron chi connectivity index (χ1n) is 8.07. The Balaban J connectivity index is 1.76. The maximum Gasteiger partial charge on any atom is 0.0885 e. The number of aromatic nitrogens is 2. The van der Waals surface area contributed by atoms with Crippen LogP contribution in [-0.4, -0.2) is 34.0 Å². The van der Waals surface area contributed by atoms with Gasteiger partial charge in [0.25, 0.3) is 0 Å². The van der Waals surface area contributed by atoms with E-state index in [-0.39, 0.29) is 0 Å². The second kappa shape index (κ2) is 7.32. The van der Waals surface area contributed by atoms with Crippen molar-refractivity contribution in [3.05, 3.63) is 61.1 Å². The number of benzene rings is 1. The minimum Gasteiger partial charge on any atom is -0.296 e. The molecule has 1 atom stereocenters. The molecule has 1 saturated heterocycles. The summed E-state index contributed by atoms with van der Waals surface area (Å²) in [5, 5.41) is 0. The highest BCUT2D eigenvalue weighted by molar-refractivity contribution is 5.58. The molecule has 0 radical (unpaired) electrons. The molecule has 0 aliphatic carbocycles. The summed E-state index contributed by atoms with van der Waals surface area (Å²) >= 11 is 0. The van der Waals surface area contributed by atoms with E-state index in [0.717, 1.165) is 24.2 Å². The number of hydrogen-bond donors (Lipinski definition) is 0. The number of likely N-dealkylation sites (tertiary alicyclic amines) is 1. The van der Waals surface area contributed by atoms with E-state index < -0.39 is 0 Å². The maximum absolute atomic E-state index is 4.40.